The third kappa shape index (κ3) is 3.48. The summed E-state index contributed by atoms with van der Waals surface area (Å²) in [6.45, 7) is 1.24. The van der Waals surface area contributed by atoms with Gasteiger partial charge in [0.15, 0.2) is 5.75 Å². The maximum absolute atomic E-state index is 12.1. The van der Waals surface area contributed by atoms with E-state index in [1.807, 2.05) is 0 Å². The lowest BCUT2D eigenvalue weighted by Crippen LogP contribution is -2.20. The van der Waals surface area contributed by atoms with Crippen LogP contribution in [0.15, 0.2) is 6.07 Å². The quantitative estimate of drug-likeness (QED) is 0.792. The van der Waals surface area contributed by atoms with E-state index < -0.39 is 22.9 Å². The molecule has 0 fully saturated rings. The molecule has 0 amide bonds. The molecule has 0 radical (unpaired) electrons. The van der Waals surface area contributed by atoms with E-state index >= 15 is 0 Å². The summed E-state index contributed by atoms with van der Waals surface area (Å²) in [4.78, 5) is 14.7. The summed E-state index contributed by atoms with van der Waals surface area (Å²) in [7, 11) is 1.26. The van der Waals surface area contributed by atoms with Crippen molar-refractivity contribution in [3.05, 3.63) is 17.3 Å². The van der Waals surface area contributed by atoms with Gasteiger partial charge in [-0.3, -0.25) is 4.79 Å². The van der Waals surface area contributed by atoms with Gasteiger partial charge >= 0.3 is 6.36 Å². The molecule has 1 rings (SSSR count). The second-order valence-electron chi connectivity index (χ2n) is 2.95. The second kappa shape index (κ2) is 4.79. The van der Waals surface area contributed by atoms with Gasteiger partial charge in [-0.1, -0.05) is 0 Å². The molecule has 0 unspecified atom stereocenters. The first-order chi connectivity index (χ1) is 7.74. The molecule has 0 saturated heterocycles. The topological polar surface area (TPSA) is 48.4 Å². The molecule has 0 aliphatic heterocycles. The van der Waals surface area contributed by atoms with Crippen LogP contribution in [0, 0.1) is 6.92 Å². The Kier molecular flexibility index (Phi) is 3.82. The summed E-state index contributed by atoms with van der Waals surface area (Å²) in [5, 5.41) is -1.09. The maximum Gasteiger partial charge on any atom is 0.573 e. The van der Waals surface area contributed by atoms with Crippen LogP contribution in [0.1, 0.15) is 16.1 Å². The molecular weight excluding hydrogens is 263 g/mol. The van der Waals surface area contributed by atoms with Crippen molar-refractivity contribution < 1.29 is 27.4 Å². The van der Waals surface area contributed by atoms with E-state index in [1.165, 1.54) is 14.0 Å². The minimum absolute atomic E-state index is 0.0268. The Morgan fingerprint density at radius 2 is 2.06 bits per heavy atom. The van der Waals surface area contributed by atoms with Crippen molar-refractivity contribution in [1.29, 1.82) is 0 Å². The Labute approximate surface area is 99.3 Å². The smallest absolute Gasteiger partial charge is 0.481 e. The third-order valence-electron chi connectivity index (χ3n) is 1.76. The second-order valence-corrected chi connectivity index (χ2v) is 3.29. The number of aromatic nitrogens is 1. The summed E-state index contributed by atoms with van der Waals surface area (Å²) in [5.74, 6) is -0.751. The minimum Gasteiger partial charge on any atom is -0.481 e. The number of halogens is 4. The number of methoxy groups -OCH3 is 1. The van der Waals surface area contributed by atoms with Crippen molar-refractivity contribution in [1.82, 2.24) is 4.98 Å². The lowest BCUT2D eigenvalue weighted by molar-refractivity contribution is -0.275. The molecule has 4 nitrogen and oxygen atoms in total. The molecule has 1 heterocycles. The minimum atomic E-state index is -4.93. The van der Waals surface area contributed by atoms with Crippen LogP contribution < -0.4 is 9.47 Å². The summed E-state index contributed by atoms with van der Waals surface area (Å²) < 4.78 is 44.7. The SMILES string of the molecule is COc1cc(C(=O)Cl)c(OC(F)(F)F)c(C)n1. The van der Waals surface area contributed by atoms with Gasteiger partial charge in [0, 0.05) is 6.07 Å². The highest BCUT2D eigenvalue weighted by molar-refractivity contribution is 6.68. The van der Waals surface area contributed by atoms with Crippen LogP contribution >= 0.6 is 11.6 Å². The van der Waals surface area contributed by atoms with E-state index in [0.717, 1.165) is 6.07 Å². The van der Waals surface area contributed by atoms with Crippen LogP contribution in [-0.4, -0.2) is 23.7 Å². The lowest BCUT2D eigenvalue weighted by atomic mass is 10.2. The zero-order valence-corrected chi connectivity index (χ0v) is 9.52. The van der Waals surface area contributed by atoms with E-state index in [9.17, 15) is 18.0 Å². The molecule has 0 aliphatic rings. The highest BCUT2D eigenvalue weighted by Gasteiger charge is 2.34. The van der Waals surface area contributed by atoms with Gasteiger partial charge < -0.3 is 9.47 Å². The average Bonchev–Trinajstić information content (AvgIpc) is 2.18. The summed E-state index contributed by atoms with van der Waals surface area (Å²) in [6.07, 6.45) is -4.93. The first-order valence-corrected chi connectivity index (χ1v) is 4.63. The molecule has 0 N–H and O–H groups in total. The highest BCUT2D eigenvalue weighted by atomic mass is 35.5. The Balaban J connectivity index is 3.32. The first kappa shape index (κ1) is 13.6. The number of ether oxygens (including phenoxy) is 2. The van der Waals surface area contributed by atoms with Crippen molar-refractivity contribution in [3.8, 4) is 11.6 Å². The molecule has 0 saturated carbocycles. The molecule has 17 heavy (non-hydrogen) atoms. The summed E-state index contributed by atoms with van der Waals surface area (Å²) in [6, 6.07) is 0.976. The van der Waals surface area contributed by atoms with E-state index in [4.69, 9.17) is 16.3 Å². The van der Waals surface area contributed by atoms with Gasteiger partial charge in [-0.25, -0.2) is 4.98 Å². The number of hydrogen-bond donors (Lipinski definition) is 0. The molecule has 0 aliphatic carbocycles. The van der Waals surface area contributed by atoms with Crippen LogP contribution in [0.2, 0.25) is 0 Å². The normalized spacial score (nSPS) is 11.2. The molecule has 1 aromatic rings. The Hall–Kier alpha value is -1.50. The number of aryl methyl sites for hydroxylation is 1. The monoisotopic (exact) mass is 269 g/mol. The number of pyridine rings is 1. The fourth-order valence-corrected chi connectivity index (χ4v) is 1.27. The van der Waals surface area contributed by atoms with Crippen LogP contribution in [0.4, 0.5) is 13.2 Å². The molecule has 0 spiro atoms. The molecule has 94 valence electrons. The Morgan fingerprint density at radius 1 is 1.47 bits per heavy atom. The van der Waals surface area contributed by atoms with Gasteiger partial charge in [0.2, 0.25) is 5.88 Å². The van der Waals surface area contributed by atoms with Crippen molar-refractivity contribution in [3.63, 3.8) is 0 Å². The third-order valence-corrected chi connectivity index (χ3v) is 1.96. The first-order valence-electron chi connectivity index (χ1n) is 4.26. The number of alkyl halides is 3. The zero-order valence-electron chi connectivity index (χ0n) is 8.76. The van der Waals surface area contributed by atoms with Crippen LogP contribution in [-0.2, 0) is 0 Å². The molecule has 8 heteroatoms. The van der Waals surface area contributed by atoms with Crippen molar-refractivity contribution in [2.24, 2.45) is 0 Å². The van der Waals surface area contributed by atoms with E-state index in [0.29, 0.717) is 0 Å². The van der Waals surface area contributed by atoms with Gasteiger partial charge in [-0.05, 0) is 18.5 Å². The van der Waals surface area contributed by atoms with Crippen LogP contribution in [0.5, 0.6) is 11.6 Å². The van der Waals surface area contributed by atoms with Crippen molar-refractivity contribution in [2.75, 3.05) is 7.11 Å². The van der Waals surface area contributed by atoms with Crippen molar-refractivity contribution >= 4 is 16.8 Å². The van der Waals surface area contributed by atoms with Crippen molar-refractivity contribution in [2.45, 2.75) is 13.3 Å². The molecule has 0 bridgehead atoms. The lowest BCUT2D eigenvalue weighted by Gasteiger charge is -2.14. The number of rotatable bonds is 3. The van der Waals surface area contributed by atoms with Crippen LogP contribution in [0.25, 0.3) is 0 Å². The highest BCUT2D eigenvalue weighted by Crippen LogP contribution is 2.32. The molecular formula is C9H7ClF3NO3. The van der Waals surface area contributed by atoms with Crippen LogP contribution in [0.3, 0.4) is 0 Å². The summed E-state index contributed by atoms with van der Waals surface area (Å²) in [5.41, 5.74) is -0.598. The number of carbonyl (C=O) groups excluding carboxylic acids is 1. The van der Waals surface area contributed by atoms with E-state index in [-0.39, 0.29) is 11.6 Å². The van der Waals surface area contributed by atoms with Gasteiger partial charge in [-0.15, -0.1) is 13.2 Å². The number of hydrogen-bond acceptors (Lipinski definition) is 4. The molecule has 0 aromatic carbocycles. The van der Waals surface area contributed by atoms with Gasteiger partial charge in [0.25, 0.3) is 5.24 Å². The molecule has 0 atom stereocenters. The zero-order chi connectivity index (χ0) is 13.2. The van der Waals surface area contributed by atoms with E-state index in [1.54, 1.807) is 0 Å². The predicted octanol–water partition coefficient (Wildman–Crippen LogP) is 2.68. The number of carbonyl (C=O) groups is 1. The fourth-order valence-electron chi connectivity index (χ4n) is 1.13. The predicted molar refractivity (Wildman–Crippen MR) is 52.4 cm³/mol. The fraction of sp³-hybridized carbons (Fsp3) is 0.333. The maximum atomic E-state index is 12.1. The number of nitrogens with zero attached hydrogens (tertiary/aromatic N) is 1. The Bertz CT molecular complexity index is 448. The Morgan fingerprint density at radius 3 is 2.47 bits per heavy atom. The van der Waals surface area contributed by atoms with Gasteiger partial charge in [0.1, 0.15) is 0 Å². The standard InChI is InChI=1S/C9H7ClF3NO3/c1-4-7(17-9(11,12)13)5(8(10)15)3-6(14-4)16-2/h3H,1-2H3. The van der Waals surface area contributed by atoms with E-state index in [2.05, 4.69) is 9.72 Å². The average molecular weight is 270 g/mol. The largest absolute Gasteiger partial charge is 0.573 e. The van der Waals surface area contributed by atoms with Gasteiger partial charge in [-0.2, -0.15) is 0 Å². The molecule has 1 aromatic heterocycles. The van der Waals surface area contributed by atoms with Gasteiger partial charge in [0.05, 0.1) is 18.4 Å². The summed E-state index contributed by atoms with van der Waals surface area (Å²) >= 11 is 5.17.